The Morgan fingerprint density at radius 3 is 2.83 bits per heavy atom. The number of ether oxygens (including phenoxy) is 1. The van der Waals surface area contributed by atoms with Crippen LogP contribution in [0.3, 0.4) is 0 Å². The van der Waals surface area contributed by atoms with E-state index in [1.165, 1.54) is 12.1 Å². The first-order valence-corrected chi connectivity index (χ1v) is 5.20. The van der Waals surface area contributed by atoms with Crippen LogP contribution in [0.15, 0.2) is 30.5 Å². The van der Waals surface area contributed by atoms with Crippen LogP contribution in [0.2, 0.25) is 0 Å². The molecule has 0 saturated carbocycles. The lowest BCUT2D eigenvalue weighted by Gasteiger charge is -2.08. The molecule has 0 aliphatic carbocycles. The van der Waals surface area contributed by atoms with Crippen LogP contribution in [-0.4, -0.2) is 4.98 Å². The van der Waals surface area contributed by atoms with Gasteiger partial charge in [0, 0.05) is 12.3 Å². The second-order valence-electron chi connectivity index (χ2n) is 3.70. The number of anilines is 1. The first-order valence-electron chi connectivity index (χ1n) is 5.20. The van der Waals surface area contributed by atoms with Gasteiger partial charge in [-0.05, 0) is 30.7 Å². The lowest BCUT2D eigenvalue weighted by molar-refractivity contribution is 0.460. The molecule has 0 bridgehead atoms. The Balaban J connectivity index is 2.32. The van der Waals surface area contributed by atoms with Gasteiger partial charge in [0.2, 0.25) is 5.88 Å². The Morgan fingerprint density at radius 2 is 2.17 bits per heavy atom. The molecule has 0 spiro atoms. The molecule has 0 aliphatic heterocycles. The third-order valence-electron chi connectivity index (χ3n) is 2.45. The van der Waals surface area contributed by atoms with Crippen molar-refractivity contribution in [2.24, 2.45) is 0 Å². The molecule has 2 aromatic rings. The lowest BCUT2D eigenvalue weighted by Crippen LogP contribution is -1.97. The fourth-order valence-electron chi connectivity index (χ4n) is 1.39. The highest BCUT2D eigenvalue weighted by Crippen LogP contribution is 2.27. The Hall–Kier alpha value is -2.61. The highest BCUT2D eigenvalue weighted by Gasteiger charge is 2.08. The number of nitrogens with two attached hydrogens (primary N) is 1. The number of nitrogens with zero attached hydrogens (tertiary/aromatic N) is 2. The van der Waals surface area contributed by atoms with E-state index >= 15 is 0 Å². The topological polar surface area (TPSA) is 71.9 Å². The van der Waals surface area contributed by atoms with Crippen LogP contribution in [0, 0.1) is 24.1 Å². The van der Waals surface area contributed by atoms with Gasteiger partial charge in [0.1, 0.15) is 17.6 Å². The van der Waals surface area contributed by atoms with Gasteiger partial charge in [-0.3, -0.25) is 0 Å². The Kier molecular flexibility index (Phi) is 3.11. The summed E-state index contributed by atoms with van der Waals surface area (Å²) in [6, 6.07) is 7.45. The second-order valence-corrected chi connectivity index (χ2v) is 3.70. The number of aryl methyl sites for hydroxylation is 1. The smallest absolute Gasteiger partial charge is 0.242 e. The molecule has 18 heavy (non-hydrogen) atoms. The van der Waals surface area contributed by atoms with Gasteiger partial charge in [0.15, 0.2) is 0 Å². The predicted octanol–water partition coefficient (Wildman–Crippen LogP) is 2.78. The van der Waals surface area contributed by atoms with Crippen LogP contribution in [0.5, 0.6) is 11.6 Å². The molecule has 1 heterocycles. The molecular weight excluding hydrogens is 233 g/mol. The quantitative estimate of drug-likeness (QED) is 0.880. The van der Waals surface area contributed by atoms with Crippen molar-refractivity contribution in [1.82, 2.24) is 4.98 Å². The van der Waals surface area contributed by atoms with Crippen LogP contribution >= 0.6 is 0 Å². The molecule has 90 valence electrons. The maximum atomic E-state index is 13.4. The second kappa shape index (κ2) is 4.72. The normalized spacial score (nSPS) is 9.83. The van der Waals surface area contributed by atoms with Gasteiger partial charge in [0.05, 0.1) is 11.3 Å². The maximum Gasteiger partial charge on any atom is 0.242 e. The van der Waals surface area contributed by atoms with Crippen molar-refractivity contribution >= 4 is 5.69 Å². The van der Waals surface area contributed by atoms with Gasteiger partial charge >= 0.3 is 0 Å². The summed E-state index contributed by atoms with van der Waals surface area (Å²) in [7, 11) is 0. The van der Waals surface area contributed by atoms with Crippen molar-refractivity contribution in [1.29, 1.82) is 5.26 Å². The zero-order chi connectivity index (χ0) is 13.1. The zero-order valence-electron chi connectivity index (χ0n) is 9.64. The molecule has 0 radical (unpaired) electrons. The van der Waals surface area contributed by atoms with E-state index < -0.39 is 5.82 Å². The van der Waals surface area contributed by atoms with Crippen molar-refractivity contribution in [3.8, 4) is 17.7 Å². The Labute approximate surface area is 103 Å². The summed E-state index contributed by atoms with van der Waals surface area (Å²) >= 11 is 0. The van der Waals surface area contributed by atoms with Gasteiger partial charge in [-0.15, -0.1) is 0 Å². The van der Waals surface area contributed by atoms with E-state index in [0.717, 1.165) is 11.6 Å². The van der Waals surface area contributed by atoms with E-state index in [-0.39, 0.29) is 17.2 Å². The largest absolute Gasteiger partial charge is 0.437 e. The molecule has 0 aliphatic rings. The summed E-state index contributed by atoms with van der Waals surface area (Å²) in [5.74, 6) is -0.170. The monoisotopic (exact) mass is 243 g/mol. The van der Waals surface area contributed by atoms with Crippen LogP contribution in [-0.2, 0) is 0 Å². The summed E-state index contributed by atoms with van der Waals surface area (Å²) in [4.78, 5) is 3.97. The summed E-state index contributed by atoms with van der Waals surface area (Å²) in [5.41, 5.74) is 6.99. The SMILES string of the molecule is Cc1ccnc(Oc2ccc(C#N)c(F)c2)c1N. The molecule has 0 unspecified atom stereocenters. The van der Waals surface area contributed by atoms with Gasteiger partial charge in [-0.25, -0.2) is 9.37 Å². The molecule has 5 heteroatoms. The molecule has 0 fully saturated rings. The van der Waals surface area contributed by atoms with Crippen molar-refractivity contribution < 1.29 is 9.13 Å². The molecule has 0 saturated heterocycles. The number of halogens is 1. The number of nitrogen functional groups attached to an aromatic ring is 1. The van der Waals surface area contributed by atoms with Gasteiger partial charge in [-0.2, -0.15) is 5.26 Å². The first kappa shape index (κ1) is 11.9. The van der Waals surface area contributed by atoms with E-state index in [2.05, 4.69) is 4.98 Å². The van der Waals surface area contributed by atoms with Crippen molar-refractivity contribution in [3.63, 3.8) is 0 Å². The van der Waals surface area contributed by atoms with Crippen LogP contribution in [0.25, 0.3) is 0 Å². The number of benzene rings is 1. The number of hydrogen-bond donors (Lipinski definition) is 1. The van der Waals surface area contributed by atoms with Gasteiger partial charge in [-0.1, -0.05) is 0 Å². The van der Waals surface area contributed by atoms with Crippen molar-refractivity contribution in [2.75, 3.05) is 5.73 Å². The molecule has 1 aromatic carbocycles. The predicted molar refractivity (Wildman–Crippen MR) is 64.6 cm³/mol. The van der Waals surface area contributed by atoms with E-state index in [1.807, 2.05) is 6.92 Å². The summed E-state index contributed by atoms with van der Waals surface area (Å²) in [5, 5.41) is 8.62. The van der Waals surface area contributed by atoms with Crippen molar-refractivity contribution in [3.05, 3.63) is 47.4 Å². The lowest BCUT2D eigenvalue weighted by atomic mass is 10.2. The number of hydrogen-bond acceptors (Lipinski definition) is 4. The minimum absolute atomic E-state index is 0.0347. The van der Waals surface area contributed by atoms with E-state index in [1.54, 1.807) is 18.3 Å². The number of rotatable bonds is 2. The number of pyridine rings is 1. The van der Waals surface area contributed by atoms with Gasteiger partial charge < -0.3 is 10.5 Å². The molecule has 2 rings (SSSR count). The molecule has 1 aromatic heterocycles. The highest BCUT2D eigenvalue weighted by molar-refractivity contribution is 5.55. The average Bonchev–Trinajstić information content (AvgIpc) is 2.35. The zero-order valence-corrected chi connectivity index (χ0v) is 9.64. The third-order valence-corrected chi connectivity index (χ3v) is 2.45. The third kappa shape index (κ3) is 2.23. The summed E-state index contributed by atoms with van der Waals surface area (Å²) in [6.45, 7) is 1.82. The average molecular weight is 243 g/mol. The van der Waals surface area contributed by atoms with E-state index in [0.29, 0.717) is 5.69 Å². The minimum Gasteiger partial charge on any atom is -0.437 e. The summed E-state index contributed by atoms with van der Waals surface area (Å²) < 4.78 is 18.8. The van der Waals surface area contributed by atoms with Crippen LogP contribution in [0.1, 0.15) is 11.1 Å². The highest BCUT2D eigenvalue weighted by atomic mass is 19.1. The molecule has 4 nitrogen and oxygen atoms in total. The van der Waals surface area contributed by atoms with Crippen LogP contribution in [0.4, 0.5) is 10.1 Å². The Morgan fingerprint density at radius 1 is 1.39 bits per heavy atom. The minimum atomic E-state index is -0.638. The molecule has 2 N–H and O–H groups in total. The number of aromatic nitrogens is 1. The number of nitriles is 1. The van der Waals surface area contributed by atoms with Gasteiger partial charge in [0.25, 0.3) is 0 Å². The molecule has 0 atom stereocenters. The van der Waals surface area contributed by atoms with E-state index in [4.69, 9.17) is 15.7 Å². The fourth-order valence-corrected chi connectivity index (χ4v) is 1.39. The van der Waals surface area contributed by atoms with Crippen LogP contribution < -0.4 is 10.5 Å². The van der Waals surface area contributed by atoms with Crippen molar-refractivity contribution in [2.45, 2.75) is 6.92 Å². The summed E-state index contributed by atoms with van der Waals surface area (Å²) in [6.07, 6.45) is 1.56. The molecular formula is C13H10FN3O. The standard InChI is InChI=1S/C13H10FN3O/c1-8-4-5-17-13(12(8)16)18-10-3-2-9(7-15)11(14)6-10/h2-6H,16H2,1H3. The first-order chi connectivity index (χ1) is 8.61. The fraction of sp³-hybridized carbons (Fsp3) is 0.0769. The Bertz CT molecular complexity index is 635. The maximum absolute atomic E-state index is 13.4. The molecule has 0 amide bonds. The van der Waals surface area contributed by atoms with E-state index in [9.17, 15) is 4.39 Å².